The molecule has 0 radical (unpaired) electrons. The van der Waals surface area contributed by atoms with Crippen LogP contribution in [-0.4, -0.2) is 26.2 Å². The van der Waals surface area contributed by atoms with Crippen molar-refractivity contribution in [1.29, 1.82) is 0 Å². The van der Waals surface area contributed by atoms with E-state index in [0.29, 0.717) is 6.42 Å². The Hall–Kier alpha value is -1.18. The van der Waals surface area contributed by atoms with Crippen molar-refractivity contribution in [3.63, 3.8) is 0 Å². The van der Waals surface area contributed by atoms with Crippen LogP contribution in [0.25, 0.3) is 0 Å². The second-order valence-electron chi connectivity index (χ2n) is 3.98. The lowest BCUT2D eigenvalue weighted by molar-refractivity contribution is 0.167. The number of benzene rings is 1. The molecule has 0 aliphatic heterocycles. The number of rotatable bonds is 6. The Morgan fingerprint density at radius 3 is 2.72 bits per heavy atom. The van der Waals surface area contributed by atoms with Crippen molar-refractivity contribution in [1.82, 2.24) is 4.72 Å². The van der Waals surface area contributed by atoms with Gasteiger partial charge in [-0.25, -0.2) is 17.5 Å². The second kappa shape index (κ2) is 6.12. The van der Waals surface area contributed by atoms with Crippen LogP contribution in [0.1, 0.15) is 19.8 Å². The molecule has 1 unspecified atom stereocenters. The van der Waals surface area contributed by atoms with Crippen molar-refractivity contribution in [2.45, 2.75) is 30.8 Å². The molecular formula is C11H17FN2O3S. The lowest BCUT2D eigenvalue weighted by Gasteiger charge is -2.11. The topological polar surface area (TPSA) is 92.4 Å². The van der Waals surface area contributed by atoms with E-state index in [4.69, 9.17) is 5.73 Å². The molecule has 1 atom stereocenters. The van der Waals surface area contributed by atoms with Crippen LogP contribution in [0.4, 0.5) is 10.1 Å². The van der Waals surface area contributed by atoms with E-state index in [1.807, 2.05) is 6.92 Å². The third kappa shape index (κ3) is 3.94. The minimum atomic E-state index is -3.96. The maximum absolute atomic E-state index is 13.5. The Morgan fingerprint density at radius 2 is 2.17 bits per heavy atom. The molecule has 0 amide bonds. The maximum atomic E-state index is 13.5. The molecular weight excluding hydrogens is 259 g/mol. The van der Waals surface area contributed by atoms with E-state index in [2.05, 4.69) is 4.72 Å². The van der Waals surface area contributed by atoms with Gasteiger partial charge in [0.05, 0.1) is 6.10 Å². The van der Waals surface area contributed by atoms with Gasteiger partial charge in [-0.05, 0) is 24.6 Å². The SMILES string of the molecule is CCCC(O)CNS(=O)(=O)c1ccc(N)cc1F. The standard InChI is InChI=1S/C11H17FN2O3S/c1-2-3-9(15)7-14-18(16,17)11-5-4-8(13)6-10(11)12/h4-6,9,14-15H,2-3,7,13H2,1H3. The van der Waals surface area contributed by atoms with Crippen LogP contribution in [0.2, 0.25) is 0 Å². The quantitative estimate of drug-likeness (QED) is 0.671. The zero-order valence-corrected chi connectivity index (χ0v) is 10.9. The van der Waals surface area contributed by atoms with Gasteiger partial charge >= 0.3 is 0 Å². The van der Waals surface area contributed by atoms with Crippen molar-refractivity contribution in [2.75, 3.05) is 12.3 Å². The third-order valence-electron chi connectivity index (χ3n) is 2.38. The van der Waals surface area contributed by atoms with Crippen LogP contribution in [0.15, 0.2) is 23.1 Å². The van der Waals surface area contributed by atoms with Gasteiger partial charge in [-0.2, -0.15) is 0 Å². The average molecular weight is 276 g/mol. The summed E-state index contributed by atoms with van der Waals surface area (Å²) in [5.41, 5.74) is 5.49. The first-order chi connectivity index (χ1) is 8.36. The molecule has 102 valence electrons. The molecule has 0 aliphatic rings. The molecule has 0 saturated heterocycles. The monoisotopic (exact) mass is 276 g/mol. The van der Waals surface area contributed by atoms with Gasteiger partial charge in [-0.1, -0.05) is 13.3 Å². The number of nitrogens with two attached hydrogens (primary N) is 1. The largest absolute Gasteiger partial charge is 0.399 e. The molecule has 0 spiro atoms. The minimum absolute atomic E-state index is 0.139. The zero-order valence-electron chi connectivity index (χ0n) is 10.1. The summed E-state index contributed by atoms with van der Waals surface area (Å²) in [6, 6.07) is 3.34. The van der Waals surface area contributed by atoms with Gasteiger partial charge in [-0.3, -0.25) is 0 Å². The third-order valence-corrected chi connectivity index (χ3v) is 3.83. The molecule has 0 fully saturated rings. The molecule has 0 bridgehead atoms. The smallest absolute Gasteiger partial charge is 0.243 e. The van der Waals surface area contributed by atoms with E-state index in [1.54, 1.807) is 0 Å². The summed E-state index contributed by atoms with van der Waals surface area (Å²) in [4.78, 5) is -0.472. The van der Waals surface area contributed by atoms with Crippen LogP contribution < -0.4 is 10.5 Å². The van der Waals surface area contributed by atoms with Crippen molar-refractivity contribution >= 4 is 15.7 Å². The lowest BCUT2D eigenvalue weighted by atomic mass is 10.2. The summed E-state index contributed by atoms with van der Waals surface area (Å²) < 4.78 is 39.2. The lowest BCUT2D eigenvalue weighted by Crippen LogP contribution is -2.32. The van der Waals surface area contributed by atoms with Gasteiger partial charge in [0.15, 0.2) is 0 Å². The zero-order chi connectivity index (χ0) is 13.8. The second-order valence-corrected chi connectivity index (χ2v) is 5.72. The van der Waals surface area contributed by atoms with E-state index < -0.39 is 26.8 Å². The average Bonchev–Trinajstić information content (AvgIpc) is 2.26. The molecule has 18 heavy (non-hydrogen) atoms. The Morgan fingerprint density at radius 1 is 1.50 bits per heavy atom. The number of sulfonamides is 1. The number of halogens is 1. The van der Waals surface area contributed by atoms with Crippen LogP contribution in [-0.2, 0) is 10.0 Å². The number of hydrogen-bond acceptors (Lipinski definition) is 4. The Labute approximate surface area is 106 Å². The fourth-order valence-electron chi connectivity index (χ4n) is 1.45. The van der Waals surface area contributed by atoms with Crippen LogP contribution in [0, 0.1) is 5.82 Å². The van der Waals surface area contributed by atoms with Crippen molar-refractivity contribution in [2.24, 2.45) is 0 Å². The summed E-state index contributed by atoms with van der Waals surface area (Å²) >= 11 is 0. The Bertz CT molecular complexity index is 505. The molecule has 0 aromatic heterocycles. The number of anilines is 1. The summed E-state index contributed by atoms with van der Waals surface area (Å²) in [5.74, 6) is -0.910. The highest BCUT2D eigenvalue weighted by molar-refractivity contribution is 7.89. The summed E-state index contributed by atoms with van der Waals surface area (Å²) in [5, 5.41) is 9.43. The normalized spacial score (nSPS) is 13.5. The van der Waals surface area contributed by atoms with Crippen molar-refractivity contribution < 1.29 is 17.9 Å². The molecule has 1 aromatic rings. The maximum Gasteiger partial charge on any atom is 0.243 e. The fraction of sp³-hybridized carbons (Fsp3) is 0.455. The van der Waals surface area contributed by atoms with E-state index in [9.17, 15) is 17.9 Å². The van der Waals surface area contributed by atoms with E-state index >= 15 is 0 Å². The predicted octanol–water partition coefficient (Wildman–Crippen LogP) is 0.847. The predicted molar refractivity (Wildman–Crippen MR) is 66.9 cm³/mol. The van der Waals surface area contributed by atoms with Crippen LogP contribution in [0.5, 0.6) is 0 Å². The highest BCUT2D eigenvalue weighted by atomic mass is 32.2. The van der Waals surface area contributed by atoms with Gasteiger partial charge in [0, 0.05) is 12.2 Å². The highest BCUT2D eigenvalue weighted by Crippen LogP contribution is 2.16. The van der Waals surface area contributed by atoms with Gasteiger partial charge < -0.3 is 10.8 Å². The summed E-state index contributed by atoms with van der Waals surface area (Å²) in [6.07, 6.45) is 0.438. The fourth-order valence-corrected chi connectivity index (χ4v) is 2.58. The number of nitrogen functional groups attached to an aromatic ring is 1. The summed E-state index contributed by atoms with van der Waals surface area (Å²) in [7, 11) is -3.96. The van der Waals surface area contributed by atoms with Crippen molar-refractivity contribution in [3.8, 4) is 0 Å². The number of aliphatic hydroxyl groups is 1. The molecule has 0 aliphatic carbocycles. The van der Waals surface area contributed by atoms with E-state index in [0.717, 1.165) is 18.6 Å². The van der Waals surface area contributed by atoms with Crippen LogP contribution in [0.3, 0.4) is 0 Å². The minimum Gasteiger partial charge on any atom is -0.399 e. The number of hydrogen-bond donors (Lipinski definition) is 3. The molecule has 0 saturated carbocycles. The first-order valence-corrected chi connectivity index (χ1v) is 7.08. The van der Waals surface area contributed by atoms with E-state index in [-0.39, 0.29) is 12.2 Å². The number of aliphatic hydroxyl groups excluding tert-OH is 1. The molecule has 7 heteroatoms. The molecule has 5 nitrogen and oxygen atoms in total. The van der Waals surface area contributed by atoms with Gasteiger partial charge in [0.1, 0.15) is 10.7 Å². The molecule has 4 N–H and O–H groups in total. The van der Waals surface area contributed by atoms with Gasteiger partial charge in [-0.15, -0.1) is 0 Å². The number of nitrogens with one attached hydrogen (secondary N) is 1. The van der Waals surface area contributed by atoms with Crippen molar-refractivity contribution in [3.05, 3.63) is 24.0 Å². The molecule has 1 aromatic carbocycles. The Balaban J connectivity index is 2.80. The van der Waals surface area contributed by atoms with Gasteiger partial charge in [0.2, 0.25) is 10.0 Å². The first-order valence-electron chi connectivity index (χ1n) is 5.59. The summed E-state index contributed by atoms with van der Waals surface area (Å²) in [6.45, 7) is 1.73. The first kappa shape index (κ1) is 14.9. The molecule has 0 heterocycles. The van der Waals surface area contributed by atoms with Gasteiger partial charge in [0.25, 0.3) is 0 Å². The van der Waals surface area contributed by atoms with E-state index in [1.165, 1.54) is 6.07 Å². The highest BCUT2D eigenvalue weighted by Gasteiger charge is 2.19. The molecule has 1 rings (SSSR count). The van der Waals surface area contributed by atoms with Crippen LogP contribution >= 0.6 is 0 Å². The Kier molecular flexibility index (Phi) is 5.06.